The van der Waals surface area contributed by atoms with Crippen LogP contribution in [-0.4, -0.2) is 42.3 Å². The number of hydrogen-bond acceptors (Lipinski definition) is 5. The molecule has 2 rings (SSSR count). The summed E-state index contributed by atoms with van der Waals surface area (Å²) in [4.78, 5) is 11.9. The molecular formula is C13H20N2O4S. The summed E-state index contributed by atoms with van der Waals surface area (Å²) in [5.74, 6) is -0.168. The summed E-state index contributed by atoms with van der Waals surface area (Å²) < 4.78 is 30.2. The topological polar surface area (TPSA) is 78.3 Å². The van der Waals surface area contributed by atoms with Crippen molar-refractivity contribution in [1.82, 2.24) is 9.78 Å². The van der Waals surface area contributed by atoms with E-state index in [0.29, 0.717) is 25.0 Å². The number of rotatable bonds is 4. The first-order valence-corrected chi connectivity index (χ1v) is 8.60. The quantitative estimate of drug-likeness (QED) is 0.780. The van der Waals surface area contributed by atoms with Gasteiger partial charge in [-0.3, -0.25) is 4.68 Å². The lowest BCUT2D eigenvalue weighted by molar-refractivity contribution is 0.0524. The molecule has 1 fully saturated rings. The summed E-state index contributed by atoms with van der Waals surface area (Å²) in [5.41, 5.74) is 0.595. The fourth-order valence-electron chi connectivity index (χ4n) is 2.72. The van der Waals surface area contributed by atoms with E-state index in [9.17, 15) is 13.2 Å². The van der Waals surface area contributed by atoms with Gasteiger partial charge in [0.2, 0.25) is 0 Å². The summed E-state index contributed by atoms with van der Waals surface area (Å²) >= 11 is 0. The predicted molar refractivity (Wildman–Crippen MR) is 74.5 cm³/mol. The first-order valence-electron chi connectivity index (χ1n) is 6.78. The van der Waals surface area contributed by atoms with Gasteiger partial charge in [0.25, 0.3) is 0 Å². The Morgan fingerprint density at radius 2 is 2.20 bits per heavy atom. The Morgan fingerprint density at radius 3 is 2.70 bits per heavy atom. The Balaban J connectivity index is 2.41. The van der Waals surface area contributed by atoms with Gasteiger partial charge in [-0.05, 0) is 26.7 Å². The number of carbonyl (C=O) groups is 1. The third-order valence-corrected chi connectivity index (χ3v) is 5.58. The lowest BCUT2D eigenvalue weighted by Crippen LogP contribution is -2.34. The molecule has 0 aliphatic carbocycles. The predicted octanol–water partition coefficient (Wildman–Crippen LogP) is 1.16. The van der Waals surface area contributed by atoms with Gasteiger partial charge in [-0.15, -0.1) is 0 Å². The standard InChI is InChI=1S/C13H20N2O4S/c1-4-11-10(12(16)19-5-2)8-14-15(11)13(3)6-7-20(17,18)9-13/h8H,4-7,9H2,1-3H3. The van der Waals surface area contributed by atoms with Crippen molar-refractivity contribution in [2.24, 2.45) is 0 Å². The summed E-state index contributed by atoms with van der Waals surface area (Å²) in [6.07, 6.45) is 2.60. The molecule has 0 radical (unpaired) electrons. The van der Waals surface area contributed by atoms with E-state index in [1.807, 2.05) is 13.8 Å². The number of ether oxygens (including phenoxy) is 1. The van der Waals surface area contributed by atoms with Crippen LogP contribution in [0.25, 0.3) is 0 Å². The van der Waals surface area contributed by atoms with Crippen LogP contribution in [0.1, 0.15) is 43.2 Å². The van der Waals surface area contributed by atoms with Crippen LogP contribution in [0.3, 0.4) is 0 Å². The first kappa shape index (κ1) is 15.0. The number of sulfone groups is 1. The van der Waals surface area contributed by atoms with Gasteiger partial charge in [-0.25, -0.2) is 13.2 Å². The number of hydrogen-bond donors (Lipinski definition) is 0. The highest BCUT2D eigenvalue weighted by molar-refractivity contribution is 7.91. The van der Waals surface area contributed by atoms with Crippen LogP contribution in [0, 0.1) is 0 Å². The fourth-order valence-corrected chi connectivity index (χ4v) is 4.83. The molecule has 0 N–H and O–H groups in total. The third-order valence-electron chi connectivity index (χ3n) is 3.69. The molecule has 1 unspecified atom stereocenters. The molecule has 1 saturated heterocycles. The van der Waals surface area contributed by atoms with E-state index in [1.54, 1.807) is 11.6 Å². The molecule has 0 spiro atoms. The van der Waals surface area contributed by atoms with Crippen molar-refractivity contribution < 1.29 is 17.9 Å². The van der Waals surface area contributed by atoms with E-state index in [4.69, 9.17) is 4.74 Å². The van der Waals surface area contributed by atoms with Crippen LogP contribution in [0.4, 0.5) is 0 Å². The zero-order valence-electron chi connectivity index (χ0n) is 12.0. The molecule has 0 bridgehead atoms. The van der Waals surface area contributed by atoms with Crippen LogP contribution in [-0.2, 0) is 26.5 Å². The largest absolute Gasteiger partial charge is 0.462 e. The van der Waals surface area contributed by atoms with Gasteiger partial charge in [0.1, 0.15) is 5.56 Å². The van der Waals surface area contributed by atoms with Crippen molar-refractivity contribution in [3.8, 4) is 0 Å². The molecule has 0 aromatic carbocycles. The van der Waals surface area contributed by atoms with Crippen LogP contribution < -0.4 is 0 Å². The minimum Gasteiger partial charge on any atom is -0.462 e. The van der Waals surface area contributed by atoms with Crippen LogP contribution in [0.15, 0.2) is 6.20 Å². The highest BCUT2D eigenvalue weighted by Crippen LogP contribution is 2.32. The summed E-state index contributed by atoms with van der Waals surface area (Å²) in [5, 5.41) is 4.26. The van der Waals surface area contributed by atoms with Crippen molar-refractivity contribution in [2.45, 2.75) is 39.2 Å². The highest BCUT2D eigenvalue weighted by atomic mass is 32.2. The maximum Gasteiger partial charge on any atom is 0.341 e. The third kappa shape index (κ3) is 2.59. The van der Waals surface area contributed by atoms with Gasteiger partial charge in [0.05, 0.1) is 35.5 Å². The maximum atomic E-state index is 11.9. The second-order valence-electron chi connectivity index (χ2n) is 5.33. The highest BCUT2D eigenvalue weighted by Gasteiger charge is 2.42. The van der Waals surface area contributed by atoms with E-state index in [1.165, 1.54) is 6.20 Å². The number of esters is 1. The Kier molecular flexibility index (Phi) is 3.90. The van der Waals surface area contributed by atoms with Crippen molar-refractivity contribution in [2.75, 3.05) is 18.1 Å². The monoisotopic (exact) mass is 300 g/mol. The van der Waals surface area contributed by atoms with Crippen molar-refractivity contribution in [3.63, 3.8) is 0 Å². The lowest BCUT2D eigenvalue weighted by atomic mass is 10.0. The molecule has 1 atom stereocenters. The molecule has 20 heavy (non-hydrogen) atoms. The van der Waals surface area contributed by atoms with Gasteiger partial charge in [0, 0.05) is 0 Å². The van der Waals surface area contributed by atoms with E-state index in [2.05, 4.69) is 5.10 Å². The van der Waals surface area contributed by atoms with E-state index >= 15 is 0 Å². The van der Waals surface area contributed by atoms with Gasteiger partial charge < -0.3 is 4.74 Å². The van der Waals surface area contributed by atoms with Crippen molar-refractivity contribution >= 4 is 15.8 Å². The zero-order valence-corrected chi connectivity index (χ0v) is 12.9. The average Bonchev–Trinajstić information content (AvgIpc) is 2.91. The zero-order chi connectivity index (χ0) is 15.0. The molecule has 6 nitrogen and oxygen atoms in total. The van der Waals surface area contributed by atoms with E-state index in [-0.39, 0.29) is 11.5 Å². The molecular weight excluding hydrogens is 280 g/mol. The molecule has 7 heteroatoms. The molecule has 1 aliphatic heterocycles. The smallest absolute Gasteiger partial charge is 0.341 e. The van der Waals surface area contributed by atoms with Crippen LogP contribution in [0.2, 0.25) is 0 Å². The lowest BCUT2D eigenvalue weighted by Gasteiger charge is -2.25. The van der Waals surface area contributed by atoms with Gasteiger partial charge in [0.15, 0.2) is 9.84 Å². The van der Waals surface area contributed by atoms with E-state index in [0.717, 1.165) is 5.69 Å². The summed E-state index contributed by atoms with van der Waals surface area (Å²) in [6.45, 7) is 5.85. The van der Waals surface area contributed by atoms with Gasteiger partial charge in [-0.1, -0.05) is 6.92 Å². The second-order valence-corrected chi connectivity index (χ2v) is 7.51. The maximum absolute atomic E-state index is 11.9. The first-order chi connectivity index (χ1) is 9.33. The van der Waals surface area contributed by atoms with Gasteiger partial charge >= 0.3 is 5.97 Å². The minimum atomic E-state index is -3.03. The molecule has 1 aromatic heterocycles. The van der Waals surface area contributed by atoms with Crippen LogP contribution in [0.5, 0.6) is 0 Å². The van der Waals surface area contributed by atoms with Crippen molar-refractivity contribution in [3.05, 3.63) is 17.5 Å². The molecule has 0 amide bonds. The number of nitrogens with zero attached hydrogens (tertiary/aromatic N) is 2. The van der Waals surface area contributed by atoms with E-state index < -0.39 is 21.3 Å². The second kappa shape index (κ2) is 5.20. The number of carbonyl (C=O) groups excluding carboxylic acids is 1. The molecule has 0 saturated carbocycles. The minimum absolute atomic E-state index is 0.0664. The Labute approximate surface area is 119 Å². The number of aromatic nitrogens is 2. The SMILES string of the molecule is CCOC(=O)c1cnn(C2(C)CCS(=O)(=O)C2)c1CC. The van der Waals surface area contributed by atoms with Crippen LogP contribution >= 0.6 is 0 Å². The fraction of sp³-hybridized carbons (Fsp3) is 0.692. The molecule has 112 valence electrons. The Bertz CT molecular complexity index is 620. The summed E-state index contributed by atoms with van der Waals surface area (Å²) in [6, 6.07) is 0. The normalized spacial score (nSPS) is 24.8. The molecule has 1 aliphatic rings. The molecule has 1 aromatic rings. The average molecular weight is 300 g/mol. The van der Waals surface area contributed by atoms with Crippen molar-refractivity contribution in [1.29, 1.82) is 0 Å². The Hall–Kier alpha value is -1.37. The molecule has 2 heterocycles. The Morgan fingerprint density at radius 1 is 1.50 bits per heavy atom. The van der Waals surface area contributed by atoms with Gasteiger partial charge in [-0.2, -0.15) is 5.10 Å². The summed E-state index contributed by atoms with van der Waals surface area (Å²) in [7, 11) is -3.03.